The second-order valence-electron chi connectivity index (χ2n) is 3.33. The second-order valence-corrected chi connectivity index (χ2v) is 3.33. The maximum absolute atomic E-state index is 13.3. The number of nitrogens with two attached hydrogens (primary N) is 1. The molecule has 0 saturated heterocycles. The molecule has 1 rings (SSSR count). The van der Waals surface area contributed by atoms with E-state index in [4.69, 9.17) is 10.5 Å². The molecule has 0 spiro atoms. The normalized spacial score (nSPS) is 15.4. The van der Waals surface area contributed by atoms with Crippen LogP contribution in [0.25, 0.3) is 0 Å². The molecule has 0 aliphatic heterocycles. The van der Waals surface area contributed by atoms with E-state index in [1.165, 1.54) is 6.07 Å². The fourth-order valence-corrected chi connectivity index (χ4v) is 1.30. The highest BCUT2D eigenvalue weighted by atomic mass is 19.1. The largest absolute Gasteiger partial charge is 0.382 e. The molecule has 2 nitrogen and oxygen atoms in total. The zero-order chi connectivity index (χ0) is 9.90. The minimum Gasteiger partial charge on any atom is -0.382 e. The molecule has 1 unspecified atom stereocenters. The molecule has 72 valence electrons. The number of methoxy groups -OCH3 is 1. The standard InChI is InChI=1S/C10H14FNO/c1-10(12,7-13-2)8-5-3-4-6-9(8)11/h3-6H,7,12H2,1-2H3. The fourth-order valence-electron chi connectivity index (χ4n) is 1.30. The molecule has 1 aromatic carbocycles. The Balaban J connectivity index is 2.99. The lowest BCUT2D eigenvalue weighted by atomic mass is 9.94. The lowest BCUT2D eigenvalue weighted by molar-refractivity contribution is 0.139. The average Bonchev–Trinajstić information content (AvgIpc) is 2.04. The summed E-state index contributed by atoms with van der Waals surface area (Å²) in [4.78, 5) is 0. The average molecular weight is 183 g/mol. The van der Waals surface area contributed by atoms with Crippen molar-refractivity contribution < 1.29 is 9.13 Å². The van der Waals surface area contributed by atoms with Crippen LogP contribution in [-0.4, -0.2) is 13.7 Å². The first-order valence-electron chi connectivity index (χ1n) is 4.11. The van der Waals surface area contributed by atoms with E-state index in [-0.39, 0.29) is 5.82 Å². The van der Waals surface area contributed by atoms with E-state index in [0.717, 1.165) is 0 Å². The van der Waals surface area contributed by atoms with E-state index >= 15 is 0 Å². The van der Waals surface area contributed by atoms with Crippen LogP contribution in [0.5, 0.6) is 0 Å². The Bertz CT molecular complexity index is 286. The maximum atomic E-state index is 13.3. The van der Waals surface area contributed by atoms with Gasteiger partial charge in [-0.15, -0.1) is 0 Å². The van der Waals surface area contributed by atoms with Gasteiger partial charge in [-0.3, -0.25) is 0 Å². The number of benzene rings is 1. The SMILES string of the molecule is COCC(C)(N)c1ccccc1F. The van der Waals surface area contributed by atoms with Gasteiger partial charge in [-0.25, -0.2) is 4.39 Å². The van der Waals surface area contributed by atoms with Gasteiger partial charge in [0.15, 0.2) is 0 Å². The van der Waals surface area contributed by atoms with Gasteiger partial charge in [0, 0.05) is 12.7 Å². The molecular formula is C10H14FNO. The van der Waals surface area contributed by atoms with E-state index in [1.807, 2.05) is 0 Å². The quantitative estimate of drug-likeness (QED) is 0.773. The summed E-state index contributed by atoms with van der Waals surface area (Å²) in [6.45, 7) is 2.04. The molecule has 1 aromatic rings. The molecule has 0 heterocycles. The number of halogens is 1. The highest BCUT2D eigenvalue weighted by molar-refractivity contribution is 5.25. The van der Waals surface area contributed by atoms with Crippen molar-refractivity contribution in [2.24, 2.45) is 5.73 Å². The lowest BCUT2D eigenvalue weighted by Crippen LogP contribution is -2.38. The molecule has 0 aliphatic carbocycles. The van der Waals surface area contributed by atoms with Crippen LogP contribution in [0.3, 0.4) is 0 Å². The minimum atomic E-state index is -0.764. The van der Waals surface area contributed by atoms with Crippen molar-refractivity contribution in [2.45, 2.75) is 12.5 Å². The molecule has 0 aliphatic rings. The van der Waals surface area contributed by atoms with Gasteiger partial charge in [-0.05, 0) is 13.0 Å². The summed E-state index contributed by atoms with van der Waals surface area (Å²) in [5.41, 5.74) is 5.60. The minimum absolute atomic E-state index is 0.287. The van der Waals surface area contributed by atoms with Gasteiger partial charge in [-0.2, -0.15) is 0 Å². The first-order valence-corrected chi connectivity index (χ1v) is 4.11. The Labute approximate surface area is 77.5 Å². The van der Waals surface area contributed by atoms with Gasteiger partial charge in [0.05, 0.1) is 12.1 Å². The van der Waals surface area contributed by atoms with Crippen molar-refractivity contribution in [3.63, 3.8) is 0 Å². The van der Waals surface area contributed by atoms with Crippen molar-refractivity contribution in [2.75, 3.05) is 13.7 Å². The third-order valence-electron chi connectivity index (χ3n) is 1.93. The monoisotopic (exact) mass is 183 g/mol. The molecule has 0 amide bonds. The first kappa shape index (κ1) is 10.2. The van der Waals surface area contributed by atoms with E-state index < -0.39 is 5.54 Å². The molecule has 1 atom stereocenters. The number of ether oxygens (including phenoxy) is 1. The summed E-state index contributed by atoms with van der Waals surface area (Å²) in [5, 5.41) is 0. The molecule has 0 fully saturated rings. The molecule has 13 heavy (non-hydrogen) atoms. The van der Waals surface area contributed by atoms with Crippen molar-refractivity contribution in [1.82, 2.24) is 0 Å². The fraction of sp³-hybridized carbons (Fsp3) is 0.400. The van der Waals surface area contributed by atoms with Crippen molar-refractivity contribution >= 4 is 0 Å². The summed E-state index contributed by atoms with van der Waals surface area (Å²) in [6, 6.07) is 6.48. The van der Waals surface area contributed by atoms with E-state index in [2.05, 4.69) is 0 Å². The number of hydrogen-bond donors (Lipinski definition) is 1. The third-order valence-corrected chi connectivity index (χ3v) is 1.93. The molecule has 3 heteroatoms. The molecule has 0 bridgehead atoms. The van der Waals surface area contributed by atoms with Crippen LogP contribution in [0, 0.1) is 5.82 Å². The van der Waals surface area contributed by atoms with Gasteiger partial charge in [0.2, 0.25) is 0 Å². The lowest BCUT2D eigenvalue weighted by Gasteiger charge is -2.24. The Hall–Kier alpha value is -0.930. The Morgan fingerprint density at radius 3 is 2.62 bits per heavy atom. The van der Waals surface area contributed by atoms with E-state index in [9.17, 15) is 4.39 Å². The van der Waals surface area contributed by atoms with Gasteiger partial charge >= 0.3 is 0 Å². The van der Waals surface area contributed by atoms with E-state index in [0.29, 0.717) is 12.2 Å². The zero-order valence-electron chi connectivity index (χ0n) is 7.88. The maximum Gasteiger partial charge on any atom is 0.128 e. The molecule has 0 radical (unpaired) electrons. The molecule has 0 aromatic heterocycles. The number of rotatable bonds is 3. The molecule has 2 N–H and O–H groups in total. The third kappa shape index (κ3) is 2.26. The van der Waals surface area contributed by atoms with Gasteiger partial charge in [0.25, 0.3) is 0 Å². The Kier molecular flexibility index (Phi) is 3.01. The molecule has 0 saturated carbocycles. The zero-order valence-corrected chi connectivity index (χ0v) is 7.88. The summed E-state index contributed by atoms with van der Waals surface area (Å²) in [7, 11) is 1.55. The Morgan fingerprint density at radius 2 is 2.08 bits per heavy atom. The highest BCUT2D eigenvalue weighted by Crippen LogP contribution is 2.20. The van der Waals surface area contributed by atoms with Crippen molar-refractivity contribution in [1.29, 1.82) is 0 Å². The summed E-state index contributed by atoms with van der Waals surface area (Å²) < 4.78 is 18.2. The highest BCUT2D eigenvalue weighted by Gasteiger charge is 2.23. The second kappa shape index (κ2) is 3.85. The van der Waals surface area contributed by atoms with Gasteiger partial charge < -0.3 is 10.5 Å². The topological polar surface area (TPSA) is 35.2 Å². The van der Waals surface area contributed by atoms with Crippen LogP contribution in [0.2, 0.25) is 0 Å². The predicted octanol–water partition coefficient (Wildman–Crippen LogP) is 1.65. The smallest absolute Gasteiger partial charge is 0.128 e. The van der Waals surface area contributed by atoms with Crippen LogP contribution in [0.15, 0.2) is 24.3 Å². The van der Waals surface area contributed by atoms with Crippen LogP contribution in [-0.2, 0) is 10.3 Å². The van der Waals surface area contributed by atoms with Crippen LogP contribution < -0.4 is 5.73 Å². The number of hydrogen-bond acceptors (Lipinski definition) is 2. The van der Waals surface area contributed by atoms with Gasteiger partial charge in [0.1, 0.15) is 5.82 Å². The summed E-state index contributed by atoms with van der Waals surface area (Å²) in [5.74, 6) is -0.287. The summed E-state index contributed by atoms with van der Waals surface area (Å²) in [6.07, 6.45) is 0. The van der Waals surface area contributed by atoms with Crippen LogP contribution >= 0.6 is 0 Å². The van der Waals surface area contributed by atoms with Crippen molar-refractivity contribution in [3.8, 4) is 0 Å². The molecular weight excluding hydrogens is 169 g/mol. The predicted molar refractivity (Wildman–Crippen MR) is 49.8 cm³/mol. The van der Waals surface area contributed by atoms with Crippen molar-refractivity contribution in [3.05, 3.63) is 35.6 Å². The van der Waals surface area contributed by atoms with Crippen LogP contribution in [0.4, 0.5) is 4.39 Å². The van der Waals surface area contributed by atoms with E-state index in [1.54, 1.807) is 32.2 Å². The summed E-state index contributed by atoms with van der Waals surface area (Å²) >= 11 is 0. The van der Waals surface area contributed by atoms with Gasteiger partial charge in [-0.1, -0.05) is 18.2 Å². The first-order chi connectivity index (χ1) is 6.08. The van der Waals surface area contributed by atoms with Crippen LogP contribution in [0.1, 0.15) is 12.5 Å². The Morgan fingerprint density at radius 1 is 1.46 bits per heavy atom.